The van der Waals surface area contributed by atoms with E-state index in [1.165, 1.54) is 51.8 Å². The van der Waals surface area contributed by atoms with Crippen LogP contribution in [0.1, 0.15) is 76.6 Å². The number of hydrogen-bond acceptors (Lipinski definition) is 2. The number of unbranched alkanes of at least 4 members (excludes halogenated alkanes) is 3. The average Bonchev–Trinajstić information content (AvgIpc) is 2.62. The minimum absolute atomic E-state index is 0.194. The van der Waals surface area contributed by atoms with Crippen LogP contribution in [0.3, 0.4) is 0 Å². The van der Waals surface area contributed by atoms with E-state index in [1.54, 1.807) is 3.58 Å². The Kier molecular flexibility index (Phi) is 10.7. The fourth-order valence-electron chi connectivity index (χ4n) is 3.53. The van der Waals surface area contributed by atoms with Gasteiger partial charge in [-0.25, -0.2) is 0 Å². The van der Waals surface area contributed by atoms with Crippen molar-refractivity contribution < 1.29 is 9.53 Å². The SMILES string of the molecule is CCC[CH2][Sn]([CH2]CCC)([CH2]CCC)[c]1ccc(C(=O)OCC)cc1. The van der Waals surface area contributed by atoms with Crippen LogP contribution in [0.25, 0.3) is 0 Å². The van der Waals surface area contributed by atoms with Crippen LogP contribution in [0.2, 0.25) is 13.3 Å². The van der Waals surface area contributed by atoms with Gasteiger partial charge in [-0.2, -0.15) is 0 Å². The summed E-state index contributed by atoms with van der Waals surface area (Å²) in [6.07, 6.45) is 7.96. The van der Waals surface area contributed by atoms with Gasteiger partial charge < -0.3 is 0 Å². The number of ether oxygens (including phenoxy) is 1. The third-order valence-electron chi connectivity index (χ3n) is 5.04. The molecule has 0 radical (unpaired) electrons. The summed E-state index contributed by atoms with van der Waals surface area (Å²) in [5, 5.41) is 0. The number of hydrogen-bond donors (Lipinski definition) is 0. The van der Waals surface area contributed by atoms with Crippen molar-refractivity contribution in [3.8, 4) is 0 Å². The maximum absolute atomic E-state index is 11.9. The van der Waals surface area contributed by atoms with Gasteiger partial charge in [-0.15, -0.1) is 0 Å². The molecule has 0 aliphatic carbocycles. The Morgan fingerprint density at radius 1 is 0.833 bits per heavy atom. The van der Waals surface area contributed by atoms with Crippen molar-refractivity contribution in [3.63, 3.8) is 0 Å². The molecule has 0 unspecified atom stereocenters. The topological polar surface area (TPSA) is 26.3 Å². The van der Waals surface area contributed by atoms with Crippen LogP contribution < -0.4 is 3.58 Å². The molecule has 0 atom stereocenters. The first-order valence-corrected chi connectivity index (χ1v) is 17.4. The van der Waals surface area contributed by atoms with Crippen molar-refractivity contribution in [2.45, 2.75) is 79.5 Å². The average molecular weight is 439 g/mol. The minimum atomic E-state index is -2.35. The van der Waals surface area contributed by atoms with E-state index in [2.05, 4.69) is 32.9 Å². The maximum atomic E-state index is 11.9. The van der Waals surface area contributed by atoms with E-state index in [4.69, 9.17) is 4.74 Å². The van der Waals surface area contributed by atoms with Crippen LogP contribution >= 0.6 is 0 Å². The van der Waals surface area contributed by atoms with Gasteiger partial charge in [0.25, 0.3) is 0 Å². The first-order valence-electron chi connectivity index (χ1n) is 9.91. The fraction of sp³-hybridized carbons (Fsp3) is 0.667. The van der Waals surface area contributed by atoms with Crippen LogP contribution in [0.15, 0.2) is 24.3 Å². The van der Waals surface area contributed by atoms with Crippen molar-refractivity contribution >= 4 is 27.9 Å². The number of carbonyl (C=O) groups is 1. The van der Waals surface area contributed by atoms with E-state index in [9.17, 15) is 4.79 Å². The van der Waals surface area contributed by atoms with E-state index < -0.39 is 18.4 Å². The van der Waals surface area contributed by atoms with Gasteiger partial charge in [-0.1, -0.05) is 0 Å². The Balaban J connectivity index is 3.07. The Morgan fingerprint density at radius 2 is 1.29 bits per heavy atom. The zero-order valence-corrected chi connectivity index (χ0v) is 19.1. The quantitative estimate of drug-likeness (QED) is 0.299. The Morgan fingerprint density at radius 3 is 1.67 bits per heavy atom. The summed E-state index contributed by atoms with van der Waals surface area (Å²) in [4.78, 5) is 11.9. The van der Waals surface area contributed by atoms with E-state index in [0.717, 1.165) is 0 Å². The van der Waals surface area contributed by atoms with Gasteiger partial charge in [0, 0.05) is 0 Å². The van der Waals surface area contributed by atoms with Gasteiger partial charge in [0.05, 0.1) is 0 Å². The summed E-state index contributed by atoms with van der Waals surface area (Å²) >= 11 is -2.35. The summed E-state index contributed by atoms with van der Waals surface area (Å²) in [7, 11) is 0. The zero-order valence-electron chi connectivity index (χ0n) is 16.2. The molecule has 0 fully saturated rings. The Hall–Kier alpha value is -0.511. The van der Waals surface area contributed by atoms with Crippen LogP contribution in [0.4, 0.5) is 0 Å². The molecule has 0 spiro atoms. The predicted molar refractivity (Wildman–Crippen MR) is 107 cm³/mol. The Bertz CT molecular complexity index is 445. The summed E-state index contributed by atoms with van der Waals surface area (Å²) in [5.41, 5.74) is 0.697. The molecule has 0 saturated heterocycles. The third kappa shape index (κ3) is 6.42. The normalized spacial score (nSPS) is 11.5. The standard InChI is InChI=1S/C9H9O2.3C4H9.Sn/c1-2-11-9(10)8-6-4-3-5-7-8;3*1-3-4-2;/h4-7H,2H2,1H3;3*1,3-4H2,2H3;. The zero-order chi connectivity index (χ0) is 17.8. The molecule has 0 amide bonds. The molecule has 3 heteroatoms. The second-order valence-corrected chi connectivity index (χ2v) is 20.1. The third-order valence-corrected chi connectivity index (χ3v) is 20.7. The van der Waals surface area contributed by atoms with Crippen molar-refractivity contribution in [1.82, 2.24) is 0 Å². The van der Waals surface area contributed by atoms with Gasteiger partial charge in [0.2, 0.25) is 0 Å². The van der Waals surface area contributed by atoms with E-state index in [-0.39, 0.29) is 5.97 Å². The fourth-order valence-corrected chi connectivity index (χ4v) is 19.5. The molecule has 136 valence electrons. The first kappa shape index (κ1) is 21.5. The van der Waals surface area contributed by atoms with Gasteiger partial charge in [-0.05, 0) is 0 Å². The molecular weight excluding hydrogens is 403 g/mol. The Labute approximate surface area is 153 Å². The van der Waals surface area contributed by atoms with Crippen LogP contribution in [0.5, 0.6) is 0 Å². The number of esters is 1. The van der Waals surface area contributed by atoms with Crippen LogP contribution in [0, 0.1) is 0 Å². The van der Waals surface area contributed by atoms with Crippen molar-refractivity contribution in [3.05, 3.63) is 29.8 Å². The van der Waals surface area contributed by atoms with Gasteiger partial charge in [0.15, 0.2) is 0 Å². The van der Waals surface area contributed by atoms with E-state index >= 15 is 0 Å². The number of rotatable bonds is 12. The predicted octanol–water partition coefficient (Wildman–Crippen LogP) is 5.92. The van der Waals surface area contributed by atoms with E-state index in [1.807, 2.05) is 19.1 Å². The summed E-state index contributed by atoms with van der Waals surface area (Å²) in [6.45, 7) is 9.21. The molecule has 2 nitrogen and oxygen atoms in total. The van der Waals surface area contributed by atoms with Crippen LogP contribution in [-0.2, 0) is 4.74 Å². The first-order chi connectivity index (χ1) is 11.6. The second kappa shape index (κ2) is 11.9. The number of benzene rings is 1. The van der Waals surface area contributed by atoms with E-state index in [0.29, 0.717) is 12.2 Å². The summed E-state index contributed by atoms with van der Waals surface area (Å²) in [6, 6.07) is 8.54. The van der Waals surface area contributed by atoms with Crippen LogP contribution in [-0.4, -0.2) is 31.0 Å². The van der Waals surface area contributed by atoms with Crippen molar-refractivity contribution in [2.75, 3.05) is 6.61 Å². The molecule has 1 aromatic carbocycles. The monoisotopic (exact) mass is 440 g/mol. The molecule has 24 heavy (non-hydrogen) atoms. The molecule has 1 rings (SSSR count). The van der Waals surface area contributed by atoms with Crippen molar-refractivity contribution in [1.29, 1.82) is 0 Å². The second-order valence-electron chi connectivity index (χ2n) is 6.89. The molecule has 1 aromatic rings. The van der Waals surface area contributed by atoms with Gasteiger partial charge in [-0.3, -0.25) is 0 Å². The molecule has 0 N–H and O–H groups in total. The molecule has 0 aliphatic heterocycles. The molecule has 0 heterocycles. The summed E-state index contributed by atoms with van der Waals surface area (Å²) in [5.74, 6) is -0.194. The summed E-state index contributed by atoms with van der Waals surface area (Å²) < 4.78 is 11.1. The van der Waals surface area contributed by atoms with Gasteiger partial charge >= 0.3 is 153 Å². The molecule has 0 aromatic heterocycles. The van der Waals surface area contributed by atoms with Crippen molar-refractivity contribution in [2.24, 2.45) is 0 Å². The molecule has 0 bridgehead atoms. The van der Waals surface area contributed by atoms with Gasteiger partial charge in [0.1, 0.15) is 0 Å². The molecule has 0 saturated carbocycles. The molecular formula is C21H36O2Sn. The molecule has 0 aliphatic rings. The number of carbonyl (C=O) groups excluding carboxylic acids is 1.